The average molecular weight is 182 g/mol. The number of ether oxygens (including phenoxy) is 1. The number of azo groups is 1. The molecule has 0 saturated heterocycles. The molecule has 0 unspecified atom stereocenters. The zero-order chi connectivity index (χ0) is 9.64. The van der Waals surface area contributed by atoms with E-state index in [4.69, 9.17) is 4.74 Å². The molecular weight excluding hydrogens is 168 g/mol. The summed E-state index contributed by atoms with van der Waals surface area (Å²) in [4.78, 5) is 11.6. The molecule has 0 radical (unpaired) electrons. The largest absolute Gasteiger partial charge is 0.467 e. The minimum Gasteiger partial charge on any atom is -0.467 e. The molecule has 0 N–H and O–H groups in total. The van der Waals surface area contributed by atoms with Gasteiger partial charge in [-0.3, -0.25) is 0 Å². The lowest BCUT2D eigenvalue weighted by Gasteiger charge is -2.50. The molecule has 2 rings (SSSR count). The van der Waals surface area contributed by atoms with Crippen LogP contribution in [0.2, 0.25) is 0 Å². The smallest absolute Gasteiger partial charge is 0.336 e. The van der Waals surface area contributed by atoms with Crippen LogP contribution in [0.1, 0.15) is 13.8 Å². The summed E-state index contributed by atoms with van der Waals surface area (Å²) in [5.74, 6) is 0.838. The van der Waals surface area contributed by atoms with E-state index in [9.17, 15) is 4.79 Å². The van der Waals surface area contributed by atoms with Gasteiger partial charge in [-0.2, -0.15) is 10.2 Å². The Morgan fingerprint density at radius 2 is 2.23 bits per heavy atom. The highest BCUT2D eigenvalue weighted by Crippen LogP contribution is 2.55. The van der Waals surface area contributed by atoms with Crippen molar-refractivity contribution in [2.24, 2.45) is 28.0 Å². The lowest BCUT2D eigenvalue weighted by Crippen LogP contribution is -2.63. The van der Waals surface area contributed by atoms with Crippen LogP contribution < -0.4 is 0 Å². The lowest BCUT2D eigenvalue weighted by molar-refractivity contribution is -0.162. The quantitative estimate of drug-likeness (QED) is 0.573. The first-order chi connectivity index (χ1) is 6.14. The van der Waals surface area contributed by atoms with Crippen LogP contribution in [-0.2, 0) is 9.53 Å². The molecule has 1 aliphatic heterocycles. The summed E-state index contributed by atoms with van der Waals surface area (Å²) in [6, 6.07) is 0. The van der Waals surface area contributed by atoms with Crippen molar-refractivity contribution in [2.75, 3.05) is 13.7 Å². The Labute approximate surface area is 77.4 Å². The molecule has 1 saturated carbocycles. The van der Waals surface area contributed by atoms with Gasteiger partial charge in [-0.1, -0.05) is 13.8 Å². The lowest BCUT2D eigenvalue weighted by atomic mass is 9.53. The van der Waals surface area contributed by atoms with Gasteiger partial charge in [-0.25, -0.2) is 4.79 Å². The van der Waals surface area contributed by atoms with Gasteiger partial charge >= 0.3 is 5.97 Å². The first-order valence-corrected chi connectivity index (χ1v) is 4.61. The molecular formula is C9H14N2O2. The Morgan fingerprint density at radius 3 is 2.85 bits per heavy atom. The minimum absolute atomic E-state index is 0.218. The van der Waals surface area contributed by atoms with E-state index < -0.39 is 5.54 Å². The van der Waals surface area contributed by atoms with E-state index in [2.05, 4.69) is 17.2 Å². The zero-order valence-corrected chi connectivity index (χ0v) is 8.15. The van der Waals surface area contributed by atoms with Gasteiger partial charge in [-0.15, -0.1) is 0 Å². The Bertz CT molecular complexity index is 277. The van der Waals surface area contributed by atoms with Crippen LogP contribution in [-0.4, -0.2) is 25.2 Å². The van der Waals surface area contributed by atoms with E-state index in [1.807, 2.05) is 6.92 Å². The normalized spacial score (nSPS) is 46.8. The maximum absolute atomic E-state index is 11.6. The van der Waals surface area contributed by atoms with E-state index in [0.717, 1.165) is 0 Å². The molecule has 4 atom stereocenters. The summed E-state index contributed by atoms with van der Waals surface area (Å²) in [6.45, 7) is 4.87. The van der Waals surface area contributed by atoms with Crippen LogP contribution in [0.25, 0.3) is 0 Å². The maximum atomic E-state index is 11.6. The fourth-order valence-corrected chi connectivity index (χ4v) is 2.63. The first-order valence-electron chi connectivity index (χ1n) is 4.61. The molecule has 0 amide bonds. The number of carbonyl (C=O) groups excluding carboxylic acids is 1. The summed E-state index contributed by atoms with van der Waals surface area (Å²) in [7, 11) is 1.41. The number of hydrogen-bond donors (Lipinski definition) is 0. The van der Waals surface area contributed by atoms with Crippen molar-refractivity contribution >= 4 is 5.97 Å². The summed E-state index contributed by atoms with van der Waals surface area (Å²) in [6.07, 6.45) is 0. The summed E-state index contributed by atoms with van der Waals surface area (Å²) in [5.41, 5.74) is -0.631. The number of methoxy groups -OCH3 is 1. The maximum Gasteiger partial charge on any atom is 0.336 e. The second-order valence-electron chi connectivity index (χ2n) is 4.00. The van der Waals surface area contributed by atoms with Crippen LogP contribution >= 0.6 is 0 Å². The van der Waals surface area contributed by atoms with Gasteiger partial charge in [0.2, 0.25) is 0 Å². The Balaban J connectivity index is 2.30. The summed E-state index contributed by atoms with van der Waals surface area (Å²) < 4.78 is 4.78. The number of nitrogens with zero attached hydrogens (tertiary/aromatic N) is 2. The third kappa shape index (κ3) is 0.785. The molecule has 0 bridgehead atoms. The molecule has 4 nitrogen and oxygen atoms in total. The first kappa shape index (κ1) is 8.66. The standard InChI is InChI=1S/C9H14N2O2/c1-5-6(2)9(8(12)13-3)7(5)4-10-11-9/h5-7H,4H2,1-3H3/t5-,6-,7+,9-/m1/s1. The van der Waals surface area contributed by atoms with Crippen molar-refractivity contribution < 1.29 is 9.53 Å². The SMILES string of the molecule is COC(=O)[C@]12N=NC[C@H]1[C@H](C)[C@H]2C. The van der Waals surface area contributed by atoms with Crippen molar-refractivity contribution in [2.45, 2.75) is 19.4 Å². The predicted octanol–water partition coefficient (Wildman–Crippen LogP) is 1.27. The number of carbonyl (C=O) groups is 1. The Morgan fingerprint density at radius 1 is 1.54 bits per heavy atom. The third-order valence-corrected chi connectivity index (χ3v) is 3.71. The second-order valence-corrected chi connectivity index (χ2v) is 4.00. The molecule has 0 aromatic rings. The molecule has 1 heterocycles. The highest BCUT2D eigenvalue weighted by atomic mass is 16.5. The van der Waals surface area contributed by atoms with Crippen LogP contribution in [0.5, 0.6) is 0 Å². The van der Waals surface area contributed by atoms with Gasteiger partial charge in [0.05, 0.1) is 13.7 Å². The van der Waals surface area contributed by atoms with E-state index in [0.29, 0.717) is 12.5 Å². The van der Waals surface area contributed by atoms with Crippen molar-refractivity contribution in [3.05, 3.63) is 0 Å². The van der Waals surface area contributed by atoms with Crippen LogP contribution in [0.15, 0.2) is 10.2 Å². The molecule has 1 fully saturated rings. The van der Waals surface area contributed by atoms with Gasteiger partial charge in [0.1, 0.15) is 0 Å². The zero-order valence-electron chi connectivity index (χ0n) is 8.15. The fraction of sp³-hybridized carbons (Fsp3) is 0.889. The number of esters is 1. The second kappa shape index (κ2) is 2.53. The molecule has 4 heteroatoms. The average Bonchev–Trinajstić information content (AvgIpc) is 2.56. The number of rotatable bonds is 1. The van der Waals surface area contributed by atoms with Crippen molar-refractivity contribution in [3.63, 3.8) is 0 Å². The molecule has 13 heavy (non-hydrogen) atoms. The van der Waals surface area contributed by atoms with Gasteiger partial charge in [0.25, 0.3) is 0 Å². The van der Waals surface area contributed by atoms with Gasteiger partial charge in [0.15, 0.2) is 5.54 Å². The minimum atomic E-state index is -0.631. The fourth-order valence-electron chi connectivity index (χ4n) is 2.63. The van der Waals surface area contributed by atoms with Gasteiger partial charge < -0.3 is 4.74 Å². The topological polar surface area (TPSA) is 51.0 Å². The van der Waals surface area contributed by atoms with Crippen molar-refractivity contribution in [1.29, 1.82) is 0 Å². The van der Waals surface area contributed by atoms with Crippen LogP contribution in [0.3, 0.4) is 0 Å². The molecule has 0 aromatic heterocycles. The molecule has 2 aliphatic rings. The van der Waals surface area contributed by atoms with Crippen LogP contribution in [0, 0.1) is 17.8 Å². The highest BCUT2D eigenvalue weighted by molar-refractivity contribution is 5.84. The van der Waals surface area contributed by atoms with E-state index >= 15 is 0 Å². The third-order valence-electron chi connectivity index (χ3n) is 3.71. The predicted molar refractivity (Wildman–Crippen MR) is 46.3 cm³/mol. The van der Waals surface area contributed by atoms with E-state index in [-0.39, 0.29) is 17.8 Å². The van der Waals surface area contributed by atoms with Gasteiger partial charge in [-0.05, 0) is 11.8 Å². The van der Waals surface area contributed by atoms with Gasteiger partial charge in [0, 0.05) is 5.92 Å². The van der Waals surface area contributed by atoms with E-state index in [1.54, 1.807) is 0 Å². The Hall–Kier alpha value is -0.930. The number of hydrogen-bond acceptors (Lipinski definition) is 4. The monoisotopic (exact) mass is 182 g/mol. The van der Waals surface area contributed by atoms with E-state index in [1.165, 1.54) is 7.11 Å². The molecule has 1 aliphatic carbocycles. The number of fused-ring (bicyclic) bond motifs is 1. The summed E-state index contributed by atoms with van der Waals surface area (Å²) >= 11 is 0. The Kier molecular flexibility index (Phi) is 1.68. The molecule has 0 aromatic carbocycles. The summed E-state index contributed by atoms with van der Waals surface area (Å²) in [5, 5.41) is 8.06. The molecule has 72 valence electrons. The highest BCUT2D eigenvalue weighted by Gasteiger charge is 2.66. The van der Waals surface area contributed by atoms with Crippen molar-refractivity contribution in [1.82, 2.24) is 0 Å². The van der Waals surface area contributed by atoms with Crippen LogP contribution in [0.4, 0.5) is 0 Å². The molecule has 0 spiro atoms. The van der Waals surface area contributed by atoms with Crippen molar-refractivity contribution in [3.8, 4) is 0 Å².